The standard InChI is InChI=1S/C20H25N3O3/c1-2-8-21-17-18(22-9-5-10-23-11-13-26-14-12-23)20(25)16-7-4-3-6-15(16)19(17)24/h2-4,6-8,22,24-25H,1,5,9-14H2. The highest BCUT2D eigenvalue weighted by Crippen LogP contribution is 2.48. The number of morpholine rings is 1. The molecule has 2 aromatic carbocycles. The minimum absolute atomic E-state index is 0.0483. The third-order valence-electron chi connectivity index (χ3n) is 4.50. The summed E-state index contributed by atoms with van der Waals surface area (Å²) in [5, 5.41) is 25.7. The number of allylic oxidation sites excluding steroid dienone is 1. The molecule has 3 rings (SSSR count). The summed E-state index contributed by atoms with van der Waals surface area (Å²) in [4.78, 5) is 6.62. The Morgan fingerprint density at radius 1 is 1.15 bits per heavy atom. The molecule has 0 bridgehead atoms. The number of aliphatic imine (C=N–C) groups is 1. The summed E-state index contributed by atoms with van der Waals surface area (Å²) in [6.07, 6.45) is 3.95. The molecule has 2 aromatic rings. The first-order chi connectivity index (χ1) is 12.7. The zero-order chi connectivity index (χ0) is 18.4. The van der Waals surface area contributed by atoms with Crippen LogP contribution in [-0.4, -0.2) is 60.7 Å². The zero-order valence-electron chi connectivity index (χ0n) is 14.8. The highest BCUT2D eigenvalue weighted by molar-refractivity contribution is 6.04. The number of benzene rings is 2. The second kappa shape index (κ2) is 8.69. The van der Waals surface area contributed by atoms with Gasteiger partial charge in [-0.2, -0.15) is 0 Å². The summed E-state index contributed by atoms with van der Waals surface area (Å²) >= 11 is 0. The van der Waals surface area contributed by atoms with E-state index in [1.165, 1.54) is 12.3 Å². The number of hydrogen-bond donors (Lipinski definition) is 3. The van der Waals surface area contributed by atoms with Crippen LogP contribution in [0.4, 0.5) is 11.4 Å². The molecule has 3 N–H and O–H groups in total. The normalized spacial score (nSPS) is 15.5. The number of hydrogen-bond acceptors (Lipinski definition) is 6. The van der Waals surface area contributed by atoms with Crippen molar-refractivity contribution in [1.29, 1.82) is 0 Å². The molecular weight excluding hydrogens is 330 g/mol. The summed E-state index contributed by atoms with van der Waals surface area (Å²) in [5.74, 6) is 0.146. The second-order valence-corrected chi connectivity index (χ2v) is 6.21. The molecule has 0 amide bonds. The van der Waals surface area contributed by atoms with Gasteiger partial charge in [0.15, 0.2) is 5.75 Å². The number of phenols is 2. The Morgan fingerprint density at radius 3 is 2.54 bits per heavy atom. The van der Waals surface area contributed by atoms with Gasteiger partial charge in [0, 0.05) is 36.6 Å². The quantitative estimate of drug-likeness (QED) is 0.307. The van der Waals surface area contributed by atoms with Crippen LogP contribution >= 0.6 is 0 Å². The molecule has 0 radical (unpaired) electrons. The monoisotopic (exact) mass is 355 g/mol. The van der Waals surface area contributed by atoms with Crippen molar-refractivity contribution in [3.05, 3.63) is 36.9 Å². The van der Waals surface area contributed by atoms with Crippen molar-refractivity contribution in [2.75, 3.05) is 44.7 Å². The van der Waals surface area contributed by atoms with Gasteiger partial charge < -0.3 is 20.3 Å². The summed E-state index contributed by atoms with van der Waals surface area (Å²) in [5.41, 5.74) is 0.772. The van der Waals surface area contributed by atoms with E-state index in [1.54, 1.807) is 12.1 Å². The molecule has 0 unspecified atom stereocenters. The largest absolute Gasteiger partial charge is 0.505 e. The lowest BCUT2D eigenvalue weighted by Gasteiger charge is -2.26. The molecule has 0 spiro atoms. The second-order valence-electron chi connectivity index (χ2n) is 6.21. The third kappa shape index (κ3) is 3.98. The minimum Gasteiger partial charge on any atom is -0.505 e. The molecule has 0 aromatic heterocycles. The molecular formula is C20H25N3O3. The van der Waals surface area contributed by atoms with E-state index in [4.69, 9.17) is 4.74 Å². The van der Waals surface area contributed by atoms with Gasteiger partial charge in [-0.3, -0.25) is 9.89 Å². The van der Waals surface area contributed by atoms with Crippen molar-refractivity contribution < 1.29 is 14.9 Å². The number of aromatic hydroxyl groups is 2. The van der Waals surface area contributed by atoms with E-state index in [-0.39, 0.29) is 11.5 Å². The number of nitrogens with one attached hydrogen (secondary N) is 1. The van der Waals surface area contributed by atoms with Gasteiger partial charge >= 0.3 is 0 Å². The summed E-state index contributed by atoms with van der Waals surface area (Å²) in [6, 6.07) is 7.19. The molecule has 1 saturated heterocycles. The minimum atomic E-state index is 0.0483. The van der Waals surface area contributed by atoms with Gasteiger partial charge in [-0.15, -0.1) is 0 Å². The molecule has 6 nitrogen and oxygen atoms in total. The summed E-state index contributed by atoms with van der Waals surface area (Å²) < 4.78 is 5.36. The van der Waals surface area contributed by atoms with Crippen LogP contribution in [0.3, 0.4) is 0 Å². The lowest BCUT2D eigenvalue weighted by molar-refractivity contribution is 0.0378. The van der Waals surface area contributed by atoms with Crippen molar-refractivity contribution in [3.8, 4) is 11.5 Å². The van der Waals surface area contributed by atoms with Crippen LogP contribution in [0.25, 0.3) is 10.8 Å². The third-order valence-corrected chi connectivity index (χ3v) is 4.50. The molecule has 0 saturated carbocycles. The van der Waals surface area contributed by atoms with Crippen molar-refractivity contribution >= 4 is 28.4 Å². The number of nitrogens with zero attached hydrogens (tertiary/aromatic N) is 2. The van der Waals surface area contributed by atoms with Gasteiger partial charge in [-0.1, -0.05) is 36.9 Å². The highest BCUT2D eigenvalue weighted by Gasteiger charge is 2.18. The molecule has 1 heterocycles. The highest BCUT2D eigenvalue weighted by atomic mass is 16.5. The van der Waals surface area contributed by atoms with E-state index < -0.39 is 0 Å². The van der Waals surface area contributed by atoms with E-state index in [0.29, 0.717) is 28.7 Å². The van der Waals surface area contributed by atoms with Crippen molar-refractivity contribution in [2.24, 2.45) is 4.99 Å². The van der Waals surface area contributed by atoms with E-state index >= 15 is 0 Å². The Morgan fingerprint density at radius 2 is 1.85 bits per heavy atom. The predicted molar refractivity (Wildman–Crippen MR) is 106 cm³/mol. The van der Waals surface area contributed by atoms with Gasteiger partial charge in [-0.05, 0) is 13.0 Å². The SMILES string of the molecule is C=CC=Nc1c(NCCCN2CCOCC2)c(O)c2ccccc2c1O. The van der Waals surface area contributed by atoms with Gasteiger partial charge in [0.25, 0.3) is 0 Å². The summed E-state index contributed by atoms with van der Waals surface area (Å²) in [6.45, 7) is 8.72. The average Bonchev–Trinajstić information content (AvgIpc) is 2.69. The predicted octanol–water partition coefficient (Wildman–Crippen LogP) is 3.27. The Balaban J connectivity index is 1.79. The number of anilines is 1. The Hall–Kier alpha value is -2.57. The van der Waals surface area contributed by atoms with Crippen LogP contribution in [0, 0.1) is 0 Å². The fourth-order valence-electron chi connectivity index (χ4n) is 3.15. The Labute approximate surface area is 153 Å². The number of fused-ring (bicyclic) bond motifs is 1. The Bertz CT molecular complexity index is 798. The van der Waals surface area contributed by atoms with E-state index in [0.717, 1.165) is 39.3 Å². The molecule has 6 heteroatoms. The van der Waals surface area contributed by atoms with Gasteiger partial charge in [0.2, 0.25) is 0 Å². The first-order valence-electron chi connectivity index (χ1n) is 8.88. The molecule has 1 aliphatic heterocycles. The van der Waals surface area contributed by atoms with Gasteiger partial charge in [0.05, 0.1) is 13.2 Å². The maximum atomic E-state index is 10.7. The lowest BCUT2D eigenvalue weighted by Crippen LogP contribution is -2.37. The van der Waals surface area contributed by atoms with Crippen LogP contribution in [-0.2, 0) is 4.74 Å². The first-order valence-corrected chi connectivity index (χ1v) is 8.88. The van der Waals surface area contributed by atoms with Crippen molar-refractivity contribution in [1.82, 2.24) is 4.90 Å². The van der Waals surface area contributed by atoms with Gasteiger partial charge in [0.1, 0.15) is 17.1 Å². The van der Waals surface area contributed by atoms with Crippen molar-refractivity contribution in [3.63, 3.8) is 0 Å². The van der Waals surface area contributed by atoms with Crippen LogP contribution in [0.1, 0.15) is 6.42 Å². The fourth-order valence-corrected chi connectivity index (χ4v) is 3.15. The van der Waals surface area contributed by atoms with Crippen LogP contribution < -0.4 is 5.32 Å². The zero-order valence-corrected chi connectivity index (χ0v) is 14.8. The fraction of sp³-hybridized carbons (Fsp3) is 0.350. The first kappa shape index (κ1) is 18.2. The molecule has 138 valence electrons. The van der Waals surface area contributed by atoms with Crippen LogP contribution in [0.2, 0.25) is 0 Å². The lowest BCUT2D eigenvalue weighted by atomic mass is 10.1. The van der Waals surface area contributed by atoms with E-state index in [9.17, 15) is 10.2 Å². The Kier molecular flexibility index (Phi) is 6.09. The number of ether oxygens (including phenoxy) is 1. The van der Waals surface area contributed by atoms with E-state index in [2.05, 4.69) is 21.8 Å². The molecule has 26 heavy (non-hydrogen) atoms. The summed E-state index contributed by atoms with van der Waals surface area (Å²) in [7, 11) is 0. The van der Waals surface area contributed by atoms with Crippen molar-refractivity contribution in [2.45, 2.75) is 6.42 Å². The maximum Gasteiger partial charge on any atom is 0.151 e. The molecule has 1 fully saturated rings. The van der Waals surface area contributed by atoms with Crippen LogP contribution in [0.15, 0.2) is 41.9 Å². The number of phenolic OH excluding ortho intramolecular Hbond substituents is 2. The van der Waals surface area contributed by atoms with Gasteiger partial charge in [-0.25, -0.2) is 0 Å². The molecule has 0 aliphatic carbocycles. The maximum absolute atomic E-state index is 10.7. The average molecular weight is 355 g/mol. The number of rotatable bonds is 7. The molecule has 1 aliphatic rings. The van der Waals surface area contributed by atoms with E-state index in [1.807, 2.05) is 12.1 Å². The topological polar surface area (TPSA) is 77.3 Å². The smallest absolute Gasteiger partial charge is 0.151 e. The van der Waals surface area contributed by atoms with Crippen LogP contribution in [0.5, 0.6) is 11.5 Å². The molecule has 0 atom stereocenters.